The lowest BCUT2D eigenvalue weighted by Gasteiger charge is -2.40. The van der Waals surface area contributed by atoms with E-state index in [1.54, 1.807) is 0 Å². The maximum absolute atomic E-state index is 3.59. The van der Waals surface area contributed by atoms with Crippen molar-refractivity contribution in [2.24, 2.45) is 5.41 Å². The fourth-order valence-corrected chi connectivity index (χ4v) is 2.09. The lowest BCUT2D eigenvalue weighted by Crippen LogP contribution is -2.52. The molecule has 1 fully saturated rings. The summed E-state index contributed by atoms with van der Waals surface area (Å²) in [7, 11) is 2.22. The molecule has 0 saturated carbocycles. The Balaban J connectivity index is 2.40. The Kier molecular flexibility index (Phi) is 4.41. The predicted octanol–water partition coefficient (Wildman–Crippen LogP) is 2.04. The van der Waals surface area contributed by atoms with Gasteiger partial charge in [0.05, 0.1) is 0 Å². The van der Waals surface area contributed by atoms with Crippen LogP contribution < -0.4 is 0 Å². The third kappa shape index (κ3) is 3.52. The maximum atomic E-state index is 3.59. The van der Waals surface area contributed by atoms with Gasteiger partial charge in [-0.15, -0.1) is 0 Å². The minimum atomic E-state index is 0.398. The molecule has 1 atom stereocenters. The Labute approximate surface area is 96.8 Å². The Morgan fingerprint density at radius 2 is 2.00 bits per heavy atom. The summed E-state index contributed by atoms with van der Waals surface area (Å²) >= 11 is 3.59. The van der Waals surface area contributed by atoms with Gasteiger partial charge in [-0.05, 0) is 19.4 Å². The quantitative estimate of drug-likeness (QED) is 0.719. The Morgan fingerprint density at radius 3 is 2.50 bits per heavy atom. The summed E-state index contributed by atoms with van der Waals surface area (Å²) < 4.78 is 0. The van der Waals surface area contributed by atoms with Crippen LogP contribution in [0.3, 0.4) is 0 Å². The van der Waals surface area contributed by atoms with Gasteiger partial charge in [0.2, 0.25) is 0 Å². The van der Waals surface area contributed by atoms with Gasteiger partial charge in [-0.3, -0.25) is 4.90 Å². The van der Waals surface area contributed by atoms with E-state index in [9.17, 15) is 0 Å². The lowest BCUT2D eigenvalue weighted by molar-refractivity contribution is 0.0808. The second kappa shape index (κ2) is 4.95. The van der Waals surface area contributed by atoms with E-state index in [0.717, 1.165) is 5.33 Å². The summed E-state index contributed by atoms with van der Waals surface area (Å²) in [6.45, 7) is 11.8. The Bertz CT molecular complexity index is 182. The number of alkyl halides is 1. The number of hydrogen-bond acceptors (Lipinski definition) is 2. The number of hydrogen-bond donors (Lipinski definition) is 0. The molecule has 0 bridgehead atoms. The van der Waals surface area contributed by atoms with Gasteiger partial charge < -0.3 is 4.90 Å². The fourth-order valence-electron chi connectivity index (χ4n) is 1.92. The van der Waals surface area contributed by atoms with Crippen LogP contribution in [0.25, 0.3) is 0 Å². The molecule has 0 amide bonds. The molecule has 0 aromatic carbocycles. The minimum absolute atomic E-state index is 0.398. The molecule has 84 valence electrons. The monoisotopic (exact) mass is 262 g/mol. The summed E-state index contributed by atoms with van der Waals surface area (Å²) in [4.78, 5) is 5.03. The number of nitrogens with zero attached hydrogens (tertiary/aromatic N) is 2. The standard InChI is InChI=1S/C11H23BrN2/c1-10-7-14(6-5-13(10)4)9-11(2,3)8-12/h10H,5-9H2,1-4H3. The van der Waals surface area contributed by atoms with Crippen molar-refractivity contribution in [1.29, 1.82) is 0 Å². The van der Waals surface area contributed by atoms with E-state index in [2.05, 4.69) is 53.5 Å². The van der Waals surface area contributed by atoms with Crippen molar-refractivity contribution in [2.75, 3.05) is 38.6 Å². The van der Waals surface area contributed by atoms with Gasteiger partial charge in [0.15, 0.2) is 0 Å². The summed E-state index contributed by atoms with van der Waals surface area (Å²) in [5.74, 6) is 0. The molecule has 1 rings (SSSR count). The first-order chi connectivity index (χ1) is 6.44. The van der Waals surface area contributed by atoms with E-state index < -0.39 is 0 Å². The molecule has 0 aromatic rings. The largest absolute Gasteiger partial charge is 0.301 e. The number of rotatable bonds is 3. The molecule has 14 heavy (non-hydrogen) atoms. The van der Waals surface area contributed by atoms with E-state index in [0.29, 0.717) is 11.5 Å². The zero-order valence-corrected chi connectivity index (χ0v) is 11.5. The second-order valence-electron chi connectivity index (χ2n) is 5.36. The third-order valence-corrected chi connectivity index (χ3v) is 4.58. The van der Waals surface area contributed by atoms with E-state index >= 15 is 0 Å². The third-order valence-electron chi connectivity index (χ3n) is 3.06. The van der Waals surface area contributed by atoms with E-state index in [1.807, 2.05) is 0 Å². The van der Waals surface area contributed by atoms with Gasteiger partial charge >= 0.3 is 0 Å². The predicted molar refractivity (Wildman–Crippen MR) is 66.1 cm³/mol. The van der Waals surface area contributed by atoms with Crippen LogP contribution in [-0.4, -0.2) is 54.4 Å². The van der Waals surface area contributed by atoms with Gasteiger partial charge in [-0.1, -0.05) is 29.8 Å². The first-order valence-corrected chi connectivity index (χ1v) is 6.55. The molecular weight excluding hydrogens is 240 g/mol. The van der Waals surface area contributed by atoms with Gasteiger partial charge in [0.25, 0.3) is 0 Å². The molecule has 1 heterocycles. The van der Waals surface area contributed by atoms with Crippen LogP contribution in [0.4, 0.5) is 0 Å². The SMILES string of the molecule is CC1CN(CC(C)(C)CBr)CCN1C. The zero-order valence-electron chi connectivity index (χ0n) is 9.89. The van der Waals surface area contributed by atoms with E-state index in [4.69, 9.17) is 0 Å². The van der Waals surface area contributed by atoms with Crippen LogP contribution in [0.5, 0.6) is 0 Å². The molecule has 0 aliphatic carbocycles. The highest BCUT2D eigenvalue weighted by Crippen LogP contribution is 2.21. The van der Waals surface area contributed by atoms with Crippen molar-refractivity contribution in [2.45, 2.75) is 26.8 Å². The summed E-state index contributed by atoms with van der Waals surface area (Å²) in [6.07, 6.45) is 0. The van der Waals surface area contributed by atoms with Gasteiger partial charge in [-0.2, -0.15) is 0 Å². The smallest absolute Gasteiger partial charge is 0.0192 e. The van der Waals surface area contributed by atoms with Crippen LogP contribution in [0, 0.1) is 5.41 Å². The highest BCUT2D eigenvalue weighted by atomic mass is 79.9. The van der Waals surface area contributed by atoms with Gasteiger partial charge in [0.1, 0.15) is 0 Å². The Hall–Kier alpha value is 0.400. The number of halogens is 1. The minimum Gasteiger partial charge on any atom is -0.301 e. The molecule has 0 spiro atoms. The van der Waals surface area contributed by atoms with Crippen LogP contribution >= 0.6 is 15.9 Å². The summed E-state index contributed by atoms with van der Waals surface area (Å²) in [5.41, 5.74) is 0.398. The van der Waals surface area contributed by atoms with Gasteiger partial charge in [0, 0.05) is 37.6 Å². The summed E-state index contributed by atoms with van der Waals surface area (Å²) in [5, 5.41) is 1.08. The van der Waals surface area contributed by atoms with Crippen molar-refractivity contribution >= 4 is 15.9 Å². The normalized spacial score (nSPS) is 26.8. The lowest BCUT2D eigenvalue weighted by atomic mass is 9.95. The van der Waals surface area contributed by atoms with Crippen molar-refractivity contribution < 1.29 is 0 Å². The molecule has 0 aromatic heterocycles. The Morgan fingerprint density at radius 1 is 1.36 bits per heavy atom. The van der Waals surface area contributed by atoms with Crippen LogP contribution in [0.1, 0.15) is 20.8 Å². The van der Waals surface area contributed by atoms with Crippen molar-refractivity contribution in [3.8, 4) is 0 Å². The summed E-state index contributed by atoms with van der Waals surface area (Å²) in [6, 6.07) is 0.704. The van der Waals surface area contributed by atoms with E-state index in [-0.39, 0.29) is 0 Å². The molecular formula is C11H23BrN2. The molecule has 0 radical (unpaired) electrons. The van der Waals surface area contributed by atoms with Crippen molar-refractivity contribution in [1.82, 2.24) is 9.80 Å². The fraction of sp³-hybridized carbons (Fsp3) is 1.00. The maximum Gasteiger partial charge on any atom is 0.0192 e. The molecule has 0 N–H and O–H groups in total. The zero-order chi connectivity index (χ0) is 10.8. The number of piperazine rings is 1. The molecule has 1 unspecified atom stereocenters. The first-order valence-electron chi connectivity index (χ1n) is 5.43. The van der Waals surface area contributed by atoms with Crippen molar-refractivity contribution in [3.05, 3.63) is 0 Å². The second-order valence-corrected chi connectivity index (χ2v) is 5.92. The first kappa shape index (κ1) is 12.5. The number of likely N-dealkylation sites (N-methyl/N-ethyl adjacent to an activating group) is 1. The molecule has 3 heteroatoms. The van der Waals surface area contributed by atoms with Crippen molar-refractivity contribution in [3.63, 3.8) is 0 Å². The van der Waals surface area contributed by atoms with E-state index in [1.165, 1.54) is 26.2 Å². The molecule has 1 aliphatic rings. The topological polar surface area (TPSA) is 6.48 Å². The highest BCUT2D eigenvalue weighted by Gasteiger charge is 2.25. The van der Waals surface area contributed by atoms with Crippen LogP contribution in [0.2, 0.25) is 0 Å². The highest BCUT2D eigenvalue weighted by molar-refractivity contribution is 9.09. The average molecular weight is 263 g/mol. The molecule has 1 aliphatic heterocycles. The molecule has 2 nitrogen and oxygen atoms in total. The van der Waals surface area contributed by atoms with Crippen LogP contribution in [-0.2, 0) is 0 Å². The average Bonchev–Trinajstić information content (AvgIpc) is 2.11. The van der Waals surface area contributed by atoms with Gasteiger partial charge in [-0.25, -0.2) is 0 Å². The van der Waals surface area contributed by atoms with Crippen LogP contribution in [0.15, 0.2) is 0 Å². The molecule has 1 saturated heterocycles.